The minimum Gasteiger partial charge on any atom is -0.480 e. The fourth-order valence-electron chi connectivity index (χ4n) is 1.49. The van der Waals surface area contributed by atoms with Gasteiger partial charge in [0.05, 0.1) is 12.0 Å². The number of carboxylic acid groups (broad SMARTS) is 1. The van der Waals surface area contributed by atoms with Crippen LogP contribution >= 0.6 is 11.3 Å². The van der Waals surface area contributed by atoms with Gasteiger partial charge in [-0.15, -0.1) is 11.3 Å². The predicted molar refractivity (Wildman–Crippen MR) is 66.5 cm³/mol. The van der Waals surface area contributed by atoms with E-state index in [1.807, 2.05) is 6.92 Å². The summed E-state index contributed by atoms with van der Waals surface area (Å²) in [6.07, 6.45) is -0.427. The summed E-state index contributed by atoms with van der Waals surface area (Å²) in [5.41, 5.74) is 5.35. The highest BCUT2D eigenvalue weighted by molar-refractivity contribution is 7.12. The molecule has 0 saturated heterocycles. The number of hydrogen-bond acceptors (Lipinski definition) is 4. The van der Waals surface area contributed by atoms with Crippen molar-refractivity contribution in [1.82, 2.24) is 5.32 Å². The zero-order chi connectivity index (χ0) is 13.9. The Bertz CT molecular complexity index is 495. The fraction of sp³-hybridized carbons (Fsp3) is 0.364. The summed E-state index contributed by atoms with van der Waals surface area (Å²) in [4.78, 5) is 35.2. The van der Waals surface area contributed by atoms with E-state index in [0.29, 0.717) is 5.56 Å². The number of amides is 2. The molecule has 0 saturated carbocycles. The van der Waals surface area contributed by atoms with Gasteiger partial charge >= 0.3 is 5.97 Å². The quantitative estimate of drug-likeness (QED) is 0.720. The molecule has 1 aromatic rings. The van der Waals surface area contributed by atoms with Crippen LogP contribution in [-0.4, -0.2) is 28.9 Å². The van der Waals surface area contributed by atoms with E-state index in [2.05, 4.69) is 5.32 Å². The first kappa shape index (κ1) is 14.2. The van der Waals surface area contributed by atoms with Gasteiger partial charge in [-0.1, -0.05) is 0 Å². The van der Waals surface area contributed by atoms with Crippen molar-refractivity contribution in [3.05, 3.63) is 21.4 Å². The minimum absolute atomic E-state index is 0.424. The van der Waals surface area contributed by atoms with E-state index in [9.17, 15) is 14.4 Å². The van der Waals surface area contributed by atoms with Gasteiger partial charge in [-0.25, -0.2) is 4.79 Å². The summed E-state index contributed by atoms with van der Waals surface area (Å²) in [6.45, 7) is 3.63. The van der Waals surface area contributed by atoms with Crippen molar-refractivity contribution in [3.8, 4) is 0 Å². The number of thiophene rings is 1. The fourth-order valence-corrected chi connectivity index (χ4v) is 2.41. The van der Waals surface area contributed by atoms with E-state index in [1.54, 1.807) is 13.0 Å². The van der Waals surface area contributed by atoms with E-state index >= 15 is 0 Å². The highest BCUT2D eigenvalue weighted by Gasteiger charge is 2.23. The number of rotatable bonds is 5. The first-order valence-corrected chi connectivity index (χ1v) is 6.02. The van der Waals surface area contributed by atoms with Crippen LogP contribution in [0.15, 0.2) is 6.07 Å². The van der Waals surface area contributed by atoms with Crippen molar-refractivity contribution in [2.24, 2.45) is 5.73 Å². The molecule has 1 rings (SSSR count). The number of nitrogens with one attached hydrogen (secondary N) is 1. The Balaban J connectivity index is 2.81. The molecule has 6 nitrogen and oxygen atoms in total. The van der Waals surface area contributed by atoms with Crippen molar-refractivity contribution >= 4 is 29.1 Å². The van der Waals surface area contributed by atoms with Crippen molar-refractivity contribution in [2.45, 2.75) is 26.3 Å². The van der Waals surface area contributed by atoms with Crippen LogP contribution < -0.4 is 11.1 Å². The van der Waals surface area contributed by atoms with Crippen molar-refractivity contribution < 1.29 is 19.5 Å². The first-order chi connectivity index (χ1) is 8.31. The third-order valence-corrected chi connectivity index (χ3v) is 3.26. The van der Waals surface area contributed by atoms with E-state index in [1.165, 1.54) is 11.3 Å². The number of carboxylic acids is 1. The molecule has 98 valence electrons. The van der Waals surface area contributed by atoms with Crippen LogP contribution in [-0.2, 0) is 9.59 Å². The van der Waals surface area contributed by atoms with Crippen LogP contribution in [0.3, 0.4) is 0 Å². The smallest absolute Gasteiger partial charge is 0.326 e. The second-order valence-electron chi connectivity index (χ2n) is 3.86. The van der Waals surface area contributed by atoms with Crippen LogP contribution in [0.25, 0.3) is 0 Å². The Morgan fingerprint density at radius 2 is 2.06 bits per heavy atom. The third-order valence-electron chi connectivity index (χ3n) is 2.29. The molecule has 7 heteroatoms. The lowest BCUT2D eigenvalue weighted by molar-refractivity contribution is -0.140. The minimum atomic E-state index is -1.30. The van der Waals surface area contributed by atoms with Gasteiger partial charge in [0.1, 0.15) is 6.04 Å². The molecule has 1 unspecified atom stereocenters. The molecule has 2 amide bonds. The number of carbonyl (C=O) groups is 3. The molecule has 0 aliphatic carbocycles. The van der Waals surface area contributed by atoms with Crippen LogP contribution in [0.1, 0.15) is 26.5 Å². The second kappa shape index (κ2) is 5.63. The molecule has 18 heavy (non-hydrogen) atoms. The molecule has 0 radical (unpaired) electrons. The molecule has 4 N–H and O–H groups in total. The zero-order valence-corrected chi connectivity index (χ0v) is 10.8. The zero-order valence-electron chi connectivity index (χ0n) is 10.0. The van der Waals surface area contributed by atoms with Gasteiger partial charge in [0.25, 0.3) is 5.91 Å². The van der Waals surface area contributed by atoms with Crippen molar-refractivity contribution in [2.75, 3.05) is 0 Å². The molecule has 0 aromatic carbocycles. The summed E-state index contributed by atoms with van der Waals surface area (Å²) in [5.74, 6) is -2.57. The predicted octanol–water partition coefficient (Wildman–Crippen LogP) is 0.423. The van der Waals surface area contributed by atoms with Gasteiger partial charge in [0.15, 0.2) is 0 Å². The van der Waals surface area contributed by atoms with Crippen molar-refractivity contribution in [3.63, 3.8) is 0 Å². The Morgan fingerprint density at radius 3 is 2.44 bits per heavy atom. The lowest BCUT2D eigenvalue weighted by Gasteiger charge is -2.12. The normalized spacial score (nSPS) is 11.9. The molecule has 0 aliphatic rings. The van der Waals surface area contributed by atoms with Gasteiger partial charge in [-0.3, -0.25) is 9.59 Å². The summed E-state index contributed by atoms with van der Waals surface area (Å²) in [7, 11) is 0. The lowest BCUT2D eigenvalue weighted by atomic mass is 10.1. The number of primary amides is 1. The van der Waals surface area contributed by atoms with E-state index < -0.39 is 30.2 Å². The standard InChI is InChI=1S/C11H14N2O4S/c1-5-3-7(6(2)18-5)10(15)13-8(11(16)17)4-9(12)14/h3,8H,4H2,1-2H3,(H2,12,14)(H,13,15)(H,16,17). The van der Waals surface area contributed by atoms with Crippen LogP contribution in [0.2, 0.25) is 0 Å². The Kier molecular flexibility index (Phi) is 4.43. The van der Waals surface area contributed by atoms with E-state index in [-0.39, 0.29) is 0 Å². The van der Waals surface area contributed by atoms with Gasteiger partial charge in [-0.2, -0.15) is 0 Å². The summed E-state index contributed by atoms with van der Waals surface area (Å²) < 4.78 is 0. The van der Waals surface area contributed by atoms with Crippen LogP contribution in [0, 0.1) is 13.8 Å². The molecule has 1 atom stereocenters. The molecular formula is C11H14N2O4S. The summed E-state index contributed by atoms with van der Waals surface area (Å²) in [5, 5.41) is 11.2. The third kappa shape index (κ3) is 3.56. The van der Waals surface area contributed by atoms with Gasteiger partial charge in [-0.05, 0) is 19.9 Å². The number of aryl methyl sites for hydroxylation is 2. The number of carbonyl (C=O) groups excluding carboxylic acids is 2. The Hall–Kier alpha value is -1.89. The number of nitrogens with two attached hydrogens (primary N) is 1. The summed E-state index contributed by atoms with van der Waals surface area (Å²) in [6, 6.07) is 0.382. The van der Waals surface area contributed by atoms with Crippen LogP contribution in [0.5, 0.6) is 0 Å². The Labute approximate surface area is 108 Å². The van der Waals surface area contributed by atoms with Crippen LogP contribution in [0.4, 0.5) is 0 Å². The average molecular weight is 270 g/mol. The SMILES string of the molecule is Cc1cc(C(=O)NC(CC(N)=O)C(=O)O)c(C)s1. The molecular weight excluding hydrogens is 256 g/mol. The monoisotopic (exact) mass is 270 g/mol. The van der Waals surface area contributed by atoms with E-state index in [4.69, 9.17) is 10.8 Å². The summed E-state index contributed by atoms with van der Waals surface area (Å²) >= 11 is 1.45. The van der Waals surface area contributed by atoms with Gasteiger partial charge < -0.3 is 16.2 Å². The maximum Gasteiger partial charge on any atom is 0.326 e. The molecule has 0 spiro atoms. The molecule has 0 aliphatic heterocycles. The molecule has 1 heterocycles. The molecule has 0 fully saturated rings. The van der Waals surface area contributed by atoms with Gasteiger partial charge in [0.2, 0.25) is 5.91 Å². The second-order valence-corrected chi connectivity index (χ2v) is 5.32. The topological polar surface area (TPSA) is 109 Å². The number of hydrogen-bond donors (Lipinski definition) is 3. The van der Waals surface area contributed by atoms with Gasteiger partial charge in [0, 0.05) is 9.75 Å². The first-order valence-electron chi connectivity index (χ1n) is 5.20. The Morgan fingerprint density at radius 1 is 1.44 bits per heavy atom. The molecule has 1 aromatic heterocycles. The highest BCUT2D eigenvalue weighted by Crippen LogP contribution is 2.20. The lowest BCUT2D eigenvalue weighted by Crippen LogP contribution is -2.43. The highest BCUT2D eigenvalue weighted by atomic mass is 32.1. The molecule has 0 bridgehead atoms. The largest absolute Gasteiger partial charge is 0.480 e. The number of aliphatic carboxylic acids is 1. The maximum absolute atomic E-state index is 11.9. The van der Waals surface area contributed by atoms with E-state index in [0.717, 1.165) is 9.75 Å². The van der Waals surface area contributed by atoms with Crippen molar-refractivity contribution in [1.29, 1.82) is 0 Å². The average Bonchev–Trinajstić information content (AvgIpc) is 2.56. The maximum atomic E-state index is 11.9.